The van der Waals surface area contributed by atoms with Gasteiger partial charge in [0, 0.05) is 6.07 Å². The smallest absolute Gasteiger partial charge is 0.261 e. The first-order chi connectivity index (χ1) is 13.1. The average molecular weight is 424 g/mol. The largest absolute Gasteiger partial charge is 0.278 e. The van der Waals surface area contributed by atoms with E-state index in [4.69, 9.17) is 5.14 Å². The van der Waals surface area contributed by atoms with Gasteiger partial charge in [-0.25, -0.2) is 30.8 Å². The number of para-hydroxylation sites is 1. The Kier molecular flexibility index (Phi) is 5.20. The molecule has 0 spiro atoms. The number of rotatable bonds is 5. The molecule has 3 N–H and O–H groups in total. The summed E-state index contributed by atoms with van der Waals surface area (Å²) in [5.41, 5.74) is 0.202. The molecule has 3 aromatic carbocycles. The van der Waals surface area contributed by atoms with Gasteiger partial charge in [-0.1, -0.05) is 24.3 Å². The van der Waals surface area contributed by atoms with Gasteiger partial charge in [0.2, 0.25) is 10.0 Å². The van der Waals surface area contributed by atoms with Crippen molar-refractivity contribution in [1.82, 2.24) is 0 Å². The molecular formula is C18H14F2N2O4S2. The van der Waals surface area contributed by atoms with Crippen LogP contribution >= 0.6 is 0 Å². The lowest BCUT2D eigenvalue weighted by atomic mass is 10.1. The number of halogens is 2. The zero-order valence-corrected chi connectivity index (χ0v) is 15.8. The van der Waals surface area contributed by atoms with Crippen LogP contribution in [0.5, 0.6) is 0 Å². The fraction of sp³-hybridized carbons (Fsp3) is 0. The quantitative estimate of drug-likeness (QED) is 0.656. The minimum atomic E-state index is -4.20. The number of benzene rings is 3. The lowest BCUT2D eigenvalue weighted by molar-refractivity contribution is 0.584. The molecule has 0 fully saturated rings. The first-order valence-corrected chi connectivity index (χ1v) is 10.8. The summed E-state index contributed by atoms with van der Waals surface area (Å²) in [6.45, 7) is 0. The predicted octanol–water partition coefficient (Wildman–Crippen LogP) is 3.08. The fourth-order valence-electron chi connectivity index (χ4n) is 2.57. The van der Waals surface area contributed by atoms with Crippen LogP contribution in [0, 0.1) is 11.6 Å². The van der Waals surface area contributed by atoms with Gasteiger partial charge in [-0.3, -0.25) is 4.72 Å². The highest BCUT2D eigenvalue weighted by Gasteiger charge is 2.20. The van der Waals surface area contributed by atoms with E-state index in [2.05, 4.69) is 4.72 Å². The maximum absolute atomic E-state index is 13.5. The van der Waals surface area contributed by atoms with Crippen LogP contribution in [-0.4, -0.2) is 16.8 Å². The van der Waals surface area contributed by atoms with E-state index in [1.807, 2.05) is 0 Å². The van der Waals surface area contributed by atoms with Gasteiger partial charge in [0.1, 0.15) is 16.5 Å². The summed E-state index contributed by atoms with van der Waals surface area (Å²) in [4.78, 5) is -0.610. The van der Waals surface area contributed by atoms with E-state index >= 15 is 0 Å². The van der Waals surface area contributed by atoms with Crippen LogP contribution in [0.15, 0.2) is 76.5 Å². The highest BCUT2D eigenvalue weighted by molar-refractivity contribution is 7.93. The Morgan fingerprint density at radius 3 is 2.04 bits per heavy atom. The van der Waals surface area contributed by atoms with Gasteiger partial charge < -0.3 is 0 Å². The Bertz CT molecular complexity index is 1240. The molecule has 0 aliphatic heterocycles. The molecule has 0 amide bonds. The lowest BCUT2D eigenvalue weighted by Crippen LogP contribution is -2.18. The number of nitrogens with one attached hydrogen (secondary N) is 1. The SMILES string of the molecule is NS(=O)(=O)c1ccccc1NS(=O)(=O)c1cccc(-c2cc(F)cc(F)c2)c1. The number of primary sulfonamides is 1. The Labute approximate surface area is 160 Å². The van der Waals surface area contributed by atoms with Crippen molar-refractivity contribution < 1.29 is 25.6 Å². The van der Waals surface area contributed by atoms with E-state index in [0.717, 1.165) is 12.1 Å². The van der Waals surface area contributed by atoms with Crippen LogP contribution < -0.4 is 9.86 Å². The summed E-state index contributed by atoms with van der Waals surface area (Å²) >= 11 is 0. The van der Waals surface area contributed by atoms with Crippen molar-refractivity contribution in [1.29, 1.82) is 0 Å². The van der Waals surface area contributed by atoms with Crippen molar-refractivity contribution in [2.45, 2.75) is 9.79 Å². The molecule has 0 atom stereocenters. The molecule has 6 nitrogen and oxygen atoms in total. The molecule has 3 aromatic rings. The Morgan fingerprint density at radius 1 is 0.750 bits per heavy atom. The molecule has 0 radical (unpaired) electrons. The highest BCUT2D eigenvalue weighted by Crippen LogP contribution is 2.27. The molecule has 28 heavy (non-hydrogen) atoms. The Morgan fingerprint density at radius 2 is 1.39 bits per heavy atom. The van der Waals surface area contributed by atoms with Crippen LogP contribution in [0.25, 0.3) is 11.1 Å². The molecule has 0 aromatic heterocycles. The normalized spacial score (nSPS) is 12.0. The lowest BCUT2D eigenvalue weighted by Gasteiger charge is -2.12. The van der Waals surface area contributed by atoms with Gasteiger partial charge in [0.25, 0.3) is 10.0 Å². The van der Waals surface area contributed by atoms with E-state index in [1.54, 1.807) is 0 Å². The zero-order valence-electron chi connectivity index (χ0n) is 14.1. The molecule has 0 saturated carbocycles. The molecule has 0 aliphatic carbocycles. The average Bonchev–Trinajstić information content (AvgIpc) is 2.60. The monoisotopic (exact) mass is 424 g/mol. The molecule has 0 aliphatic rings. The van der Waals surface area contributed by atoms with Crippen molar-refractivity contribution in [3.05, 3.63) is 78.4 Å². The summed E-state index contributed by atoms with van der Waals surface area (Å²) in [5, 5.41) is 5.11. The third-order valence-electron chi connectivity index (χ3n) is 3.78. The topological polar surface area (TPSA) is 106 Å². The maximum Gasteiger partial charge on any atom is 0.261 e. The second-order valence-electron chi connectivity index (χ2n) is 5.83. The van der Waals surface area contributed by atoms with Gasteiger partial charge >= 0.3 is 0 Å². The molecule has 0 unspecified atom stereocenters. The molecule has 0 heterocycles. The number of hydrogen-bond acceptors (Lipinski definition) is 4. The number of anilines is 1. The van der Waals surface area contributed by atoms with Crippen molar-refractivity contribution in [3.8, 4) is 11.1 Å². The molecule has 146 valence electrons. The third-order valence-corrected chi connectivity index (χ3v) is 6.11. The second kappa shape index (κ2) is 7.30. The van der Waals surface area contributed by atoms with Gasteiger partial charge in [0.05, 0.1) is 10.6 Å². The van der Waals surface area contributed by atoms with Gasteiger partial charge in [-0.05, 0) is 47.5 Å². The van der Waals surface area contributed by atoms with E-state index in [9.17, 15) is 25.6 Å². The second-order valence-corrected chi connectivity index (χ2v) is 9.04. The minimum Gasteiger partial charge on any atom is -0.278 e. The molecule has 3 rings (SSSR count). The maximum atomic E-state index is 13.5. The minimum absolute atomic E-state index is 0.152. The third kappa shape index (κ3) is 4.35. The first kappa shape index (κ1) is 19.9. The summed E-state index contributed by atoms with van der Waals surface area (Å²) in [7, 11) is -8.36. The molecule has 0 bridgehead atoms. The molecule has 0 saturated heterocycles. The van der Waals surface area contributed by atoms with Crippen LogP contribution in [0.4, 0.5) is 14.5 Å². The summed E-state index contributed by atoms with van der Waals surface area (Å²) in [5.74, 6) is -1.60. The number of hydrogen-bond donors (Lipinski definition) is 2. The first-order valence-electron chi connectivity index (χ1n) is 7.77. The number of sulfonamides is 2. The number of nitrogens with two attached hydrogens (primary N) is 1. The Hall–Kier alpha value is -2.82. The summed E-state index contributed by atoms with van der Waals surface area (Å²) < 4.78 is 77.8. The summed E-state index contributed by atoms with van der Waals surface area (Å²) in [6, 6.07) is 13.5. The van der Waals surface area contributed by atoms with Crippen LogP contribution in [0.2, 0.25) is 0 Å². The van der Waals surface area contributed by atoms with Crippen molar-refractivity contribution >= 4 is 25.7 Å². The van der Waals surface area contributed by atoms with Crippen LogP contribution in [0.1, 0.15) is 0 Å². The fourth-order valence-corrected chi connectivity index (χ4v) is 4.45. The summed E-state index contributed by atoms with van der Waals surface area (Å²) in [6.07, 6.45) is 0. The Balaban J connectivity index is 2.03. The molecule has 10 heteroatoms. The zero-order chi connectivity index (χ0) is 20.5. The van der Waals surface area contributed by atoms with E-state index < -0.39 is 31.7 Å². The van der Waals surface area contributed by atoms with Gasteiger partial charge in [0.15, 0.2) is 0 Å². The van der Waals surface area contributed by atoms with E-state index in [-0.39, 0.29) is 26.6 Å². The van der Waals surface area contributed by atoms with Crippen molar-refractivity contribution in [3.63, 3.8) is 0 Å². The predicted molar refractivity (Wildman–Crippen MR) is 100 cm³/mol. The highest BCUT2D eigenvalue weighted by atomic mass is 32.2. The van der Waals surface area contributed by atoms with E-state index in [0.29, 0.717) is 6.07 Å². The molecular weight excluding hydrogens is 410 g/mol. The van der Waals surface area contributed by atoms with E-state index in [1.165, 1.54) is 48.5 Å². The van der Waals surface area contributed by atoms with Crippen LogP contribution in [0.3, 0.4) is 0 Å². The van der Waals surface area contributed by atoms with Crippen LogP contribution in [-0.2, 0) is 20.0 Å². The standard InChI is InChI=1S/C18H14F2N2O4S2/c19-14-8-13(9-15(20)11-14)12-4-3-5-16(10-12)28(25,26)22-17-6-1-2-7-18(17)27(21,23)24/h1-11,22H,(H2,21,23,24). The van der Waals surface area contributed by atoms with Crippen molar-refractivity contribution in [2.75, 3.05) is 4.72 Å². The van der Waals surface area contributed by atoms with Gasteiger partial charge in [-0.2, -0.15) is 0 Å². The van der Waals surface area contributed by atoms with Crippen molar-refractivity contribution in [2.24, 2.45) is 5.14 Å². The van der Waals surface area contributed by atoms with Gasteiger partial charge in [-0.15, -0.1) is 0 Å².